The zero-order chi connectivity index (χ0) is 32.5. The first-order chi connectivity index (χ1) is 20.0. The van der Waals surface area contributed by atoms with Crippen LogP contribution in [0.5, 0.6) is 0 Å². The van der Waals surface area contributed by atoms with Gasteiger partial charge in [0.1, 0.15) is 22.8 Å². The number of nitrogens with one attached hydrogen (secondary N) is 3. The van der Waals surface area contributed by atoms with Crippen LogP contribution in [-0.4, -0.2) is 34.0 Å². The zero-order valence-electron chi connectivity index (χ0n) is 22.9. The van der Waals surface area contributed by atoms with Crippen LogP contribution < -0.4 is 21.7 Å². The van der Waals surface area contributed by atoms with Crippen molar-refractivity contribution < 1.29 is 26.3 Å². The van der Waals surface area contributed by atoms with Crippen LogP contribution in [0.25, 0.3) is 0 Å². The molecule has 232 valence electrons. The molecule has 2 aromatic carbocycles. The summed E-state index contributed by atoms with van der Waals surface area (Å²) in [5.41, 5.74) is 7.34. The first kappa shape index (κ1) is 35.8. The molecule has 43 heavy (non-hydrogen) atoms. The van der Waals surface area contributed by atoms with Gasteiger partial charge in [0.15, 0.2) is 0 Å². The molecule has 0 atom stereocenters. The quantitative estimate of drug-likeness (QED) is 0.0928. The van der Waals surface area contributed by atoms with E-state index in [2.05, 4.69) is 67.7 Å². The van der Waals surface area contributed by atoms with Crippen molar-refractivity contribution in [3.8, 4) is 0 Å². The smallest absolute Gasteiger partial charge is 0.399 e. The van der Waals surface area contributed by atoms with Crippen LogP contribution in [0.4, 0.5) is 55.3 Å². The Morgan fingerprint density at radius 2 is 1.23 bits per heavy atom. The van der Waals surface area contributed by atoms with E-state index in [1.54, 1.807) is 6.07 Å². The van der Waals surface area contributed by atoms with Crippen LogP contribution in [-0.2, 0) is 12.4 Å². The molecular weight excluding hydrogens is 734 g/mol. The summed E-state index contributed by atoms with van der Waals surface area (Å²) in [6, 6.07) is 11.3. The minimum atomic E-state index is -4.50. The average Bonchev–Trinajstić information content (AvgIpc) is 2.91. The molecule has 2 aromatic heterocycles. The van der Waals surface area contributed by atoms with Crippen molar-refractivity contribution in [1.82, 2.24) is 19.9 Å². The largest absolute Gasteiger partial charge is 0.421 e. The highest BCUT2D eigenvalue weighted by Gasteiger charge is 2.35. The highest BCUT2D eigenvalue weighted by Crippen LogP contribution is 2.35. The SMILES string of the molecule is CNc1nc(Cl)ncc1C(F)(F)F.CNc1nc(Nc2ccc(Br)cc2C)ncc1C(F)(F)F.Cc1cc(Br)ccc1N. The van der Waals surface area contributed by atoms with Gasteiger partial charge in [0.05, 0.1) is 0 Å². The Labute approximate surface area is 265 Å². The van der Waals surface area contributed by atoms with Crippen LogP contribution in [0.3, 0.4) is 0 Å². The Bertz CT molecular complexity index is 1540. The highest BCUT2D eigenvalue weighted by atomic mass is 79.9. The molecule has 4 aromatic rings. The number of aromatic nitrogens is 4. The summed E-state index contributed by atoms with van der Waals surface area (Å²) in [5, 5.41) is 7.40. The van der Waals surface area contributed by atoms with E-state index < -0.39 is 23.5 Å². The monoisotopic (exact) mass is 756 g/mol. The molecule has 0 spiro atoms. The summed E-state index contributed by atoms with van der Waals surface area (Å²) in [7, 11) is 2.71. The topological polar surface area (TPSA) is 114 Å². The standard InChI is InChI=1S/C13H12BrF3N4.C7H8BrN.C6H5ClF3N3/c1-7-5-8(14)3-4-10(7)20-12-19-6-9(13(15,16)17)11(18-2)21-12;1-5-4-6(8)2-3-7(5)9;1-11-4-3(6(8,9)10)2-12-5(7)13-4/h3-6H,1-2H3,(H2,18,19,20,21);2-4H,9H2,1H3;2H,1H3,(H,11,12,13). The third-order valence-corrected chi connectivity index (χ3v) is 6.47. The van der Waals surface area contributed by atoms with Crippen molar-refractivity contribution in [3.63, 3.8) is 0 Å². The molecule has 0 amide bonds. The molecule has 8 nitrogen and oxygen atoms in total. The third kappa shape index (κ3) is 11.0. The molecule has 0 radical (unpaired) electrons. The Morgan fingerprint density at radius 1 is 0.744 bits per heavy atom. The van der Waals surface area contributed by atoms with E-state index in [1.807, 2.05) is 44.2 Å². The average molecular weight is 759 g/mol. The van der Waals surface area contributed by atoms with Gasteiger partial charge in [-0.1, -0.05) is 31.9 Å². The van der Waals surface area contributed by atoms with E-state index in [0.29, 0.717) is 6.20 Å². The van der Waals surface area contributed by atoms with Gasteiger partial charge in [-0.15, -0.1) is 0 Å². The van der Waals surface area contributed by atoms with Crippen molar-refractivity contribution in [1.29, 1.82) is 0 Å². The van der Waals surface area contributed by atoms with Crippen molar-refractivity contribution in [3.05, 3.63) is 85.3 Å². The van der Waals surface area contributed by atoms with Crippen molar-refractivity contribution >= 4 is 72.4 Å². The van der Waals surface area contributed by atoms with Gasteiger partial charge in [0.2, 0.25) is 11.2 Å². The maximum Gasteiger partial charge on any atom is 0.421 e. The van der Waals surface area contributed by atoms with Crippen LogP contribution in [0, 0.1) is 13.8 Å². The Morgan fingerprint density at radius 3 is 1.70 bits per heavy atom. The number of aryl methyl sites for hydroxylation is 2. The fourth-order valence-corrected chi connectivity index (χ4v) is 4.21. The summed E-state index contributed by atoms with van der Waals surface area (Å²) >= 11 is 12.0. The zero-order valence-corrected chi connectivity index (χ0v) is 26.8. The lowest BCUT2D eigenvalue weighted by molar-refractivity contribution is -0.138. The lowest BCUT2D eigenvalue weighted by Gasteiger charge is -2.13. The summed E-state index contributed by atoms with van der Waals surface area (Å²) in [5.74, 6) is -0.500. The number of rotatable bonds is 4. The second kappa shape index (κ2) is 15.4. The van der Waals surface area contributed by atoms with Gasteiger partial charge in [0, 0.05) is 46.8 Å². The predicted molar refractivity (Wildman–Crippen MR) is 164 cm³/mol. The maximum absolute atomic E-state index is 12.8. The van der Waals surface area contributed by atoms with Gasteiger partial charge in [-0.25, -0.2) is 15.0 Å². The minimum Gasteiger partial charge on any atom is -0.399 e. The third-order valence-electron chi connectivity index (χ3n) is 5.30. The molecule has 5 N–H and O–H groups in total. The van der Waals surface area contributed by atoms with Gasteiger partial charge in [-0.05, 0) is 73.0 Å². The number of benzene rings is 2. The molecule has 0 bridgehead atoms. The van der Waals surface area contributed by atoms with E-state index in [-0.39, 0.29) is 22.9 Å². The summed E-state index contributed by atoms with van der Waals surface area (Å²) in [6.07, 6.45) is -7.57. The normalized spacial score (nSPS) is 11.0. The van der Waals surface area contributed by atoms with Gasteiger partial charge >= 0.3 is 12.4 Å². The summed E-state index contributed by atoms with van der Waals surface area (Å²) in [4.78, 5) is 14.2. The lowest BCUT2D eigenvalue weighted by Crippen LogP contribution is -2.12. The predicted octanol–water partition coefficient (Wildman–Crippen LogP) is 8.88. The van der Waals surface area contributed by atoms with Crippen LogP contribution in [0.1, 0.15) is 22.3 Å². The lowest BCUT2D eigenvalue weighted by atomic mass is 10.2. The maximum atomic E-state index is 12.8. The van der Waals surface area contributed by atoms with Gasteiger partial charge in [0.25, 0.3) is 0 Å². The fraction of sp³-hybridized carbons (Fsp3) is 0.231. The Kier molecular flexibility index (Phi) is 12.8. The number of alkyl halides is 6. The van der Waals surface area contributed by atoms with E-state index in [1.165, 1.54) is 14.1 Å². The van der Waals surface area contributed by atoms with Gasteiger partial charge in [-0.2, -0.15) is 31.3 Å². The molecular formula is C26H25Br2ClF6N8. The number of hydrogen-bond acceptors (Lipinski definition) is 8. The number of hydrogen-bond donors (Lipinski definition) is 4. The molecule has 17 heteroatoms. The van der Waals surface area contributed by atoms with E-state index in [9.17, 15) is 26.3 Å². The van der Waals surface area contributed by atoms with Crippen molar-refractivity contribution in [2.24, 2.45) is 0 Å². The molecule has 0 aliphatic rings. The molecule has 0 unspecified atom stereocenters. The van der Waals surface area contributed by atoms with Crippen LogP contribution in [0.15, 0.2) is 57.7 Å². The Balaban J connectivity index is 0.000000249. The van der Waals surface area contributed by atoms with E-state index >= 15 is 0 Å². The van der Waals surface area contributed by atoms with E-state index in [0.717, 1.165) is 37.6 Å². The second-order valence-electron chi connectivity index (χ2n) is 8.44. The molecule has 0 fully saturated rings. The molecule has 0 saturated carbocycles. The van der Waals surface area contributed by atoms with Gasteiger partial charge < -0.3 is 21.7 Å². The summed E-state index contributed by atoms with van der Waals surface area (Å²) in [6.45, 7) is 3.86. The number of nitrogen functional groups attached to an aromatic ring is 1. The number of halogens is 9. The second-order valence-corrected chi connectivity index (χ2v) is 10.6. The minimum absolute atomic E-state index is 0.0952. The number of nitrogens with zero attached hydrogens (tertiary/aromatic N) is 4. The van der Waals surface area contributed by atoms with Crippen molar-refractivity contribution in [2.75, 3.05) is 35.8 Å². The van der Waals surface area contributed by atoms with Crippen LogP contribution in [0.2, 0.25) is 5.28 Å². The van der Waals surface area contributed by atoms with Gasteiger partial charge in [-0.3, -0.25) is 0 Å². The van der Waals surface area contributed by atoms with Crippen LogP contribution >= 0.6 is 43.5 Å². The first-order valence-electron chi connectivity index (χ1n) is 11.9. The molecule has 2 heterocycles. The first-order valence-corrected chi connectivity index (χ1v) is 13.9. The highest BCUT2D eigenvalue weighted by molar-refractivity contribution is 9.10. The fourth-order valence-electron chi connectivity index (χ4n) is 3.13. The Hall–Kier alpha value is -3.37. The number of nitrogens with two attached hydrogens (primary N) is 1. The molecule has 0 aliphatic heterocycles. The summed E-state index contributed by atoms with van der Waals surface area (Å²) < 4.78 is 76.9. The van der Waals surface area contributed by atoms with Crippen molar-refractivity contribution in [2.45, 2.75) is 26.2 Å². The molecule has 0 saturated heterocycles. The molecule has 0 aliphatic carbocycles. The van der Waals surface area contributed by atoms with E-state index in [4.69, 9.17) is 17.3 Å². The molecule has 4 rings (SSSR count). The number of anilines is 5.